The molecule has 4 rings (SSSR count). The standard InChI is InChI=1S/C19H15ClN4O/c1-25-15-6-7-16-13(10-15)11-18(22-17-8-9-21-24-17)23-19(16)12-2-4-14(20)5-3-12/h2-11H,1H3,(H2,21,22,23,24). The number of pyridine rings is 1. The van der Waals surface area contributed by atoms with Gasteiger partial charge in [-0.25, -0.2) is 4.98 Å². The minimum Gasteiger partial charge on any atom is -0.497 e. The lowest BCUT2D eigenvalue weighted by Gasteiger charge is -2.12. The molecule has 4 aromatic rings. The molecule has 0 aliphatic carbocycles. The van der Waals surface area contributed by atoms with Crippen LogP contribution in [-0.4, -0.2) is 22.3 Å². The van der Waals surface area contributed by atoms with E-state index in [1.165, 1.54) is 0 Å². The average molecular weight is 351 g/mol. The van der Waals surface area contributed by atoms with Gasteiger partial charge in [0.15, 0.2) is 0 Å². The molecule has 2 N–H and O–H groups in total. The molecule has 0 bridgehead atoms. The van der Waals surface area contributed by atoms with E-state index in [4.69, 9.17) is 21.3 Å². The van der Waals surface area contributed by atoms with Crippen LogP contribution in [0.4, 0.5) is 11.6 Å². The van der Waals surface area contributed by atoms with E-state index in [-0.39, 0.29) is 0 Å². The van der Waals surface area contributed by atoms with Gasteiger partial charge in [-0.05, 0) is 41.8 Å². The van der Waals surface area contributed by atoms with Crippen molar-refractivity contribution in [1.82, 2.24) is 15.2 Å². The van der Waals surface area contributed by atoms with Crippen LogP contribution in [0.1, 0.15) is 0 Å². The molecule has 0 saturated carbocycles. The van der Waals surface area contributed by atoms with Gasteiger partial charge >= 0.3 is 0 Å². The first-order chi connectivity index (χ1) is 12.2. The number of ether oxygens (including phenoxy) is 1. The van der Waals surface area contributed by atoms with Crippen molar-refractivity contribution in [3.63, 3.8) is 0 Å². The molecular weight excluding hydrogens is 336 g/mol. The molecule has 0 saturated heterocycles. The molecule has 2 aromatic carbocycles. The summed E-state index contributed by atoms with van der Waals surface area (Å²) in [6.07, 6.45) is 1.69. The Labute approximate surface area is 149 Å². The number of aromatic amines is 1. The summed E-state index contributed by atoms with van der Waals surface area (Å²) < 4.78 is 5.35. The van der Waals surface area contributed by atoms with Crippen LogP contribution >= 0.6 is 11.6 Å². The first-order valence-corrected chi connectivity index (χ1v) is 8.12. The lowest BCUT2D eigenvalue weighted by molar-refractivity contribution is 0.415. The number of methoxy groups -OCH3 is 1. The molecule has 2 aromatic heterocycles. The zero-order chi connectivity index (χ0) is 17.2. The van der Waals surface area contributed by atoms with Crippen LogP contribution in [0.3, 0.4) is 0 Å². The maximum Gasteiger partial charge on any atom is 0.132 e. The smallest absolute Gasteiger partial charge is 0.132 e. The normalized spacial score (nSPS) is 10.8. The zero-order valence-electron chi connectivity index (χ0n) is 13.5. The lowest BCUT2D eigenvalue weighted by atomic mass is 10.0. The van der Waals surface area contributed by atoms with Crippen molar-refractivity contribution in [2.45, 2.75) is 0 Å². The number of anilines is 2. The maximum atomic E-state index is 6.02. The Bertz CT molecular complexity index is 1010. The first-order valence-electron chi connectivity index (χ1n) is 7.74. The van der Waals surface area contributed by atoms with Crippen LogP contribution in [0.2, 0.25) is 5.02 Å². The Hall–Kier alpha value is -3.05. The highest BCUT2D eigenvalue weighted by atomic mass is 35.5. The number of aromatic nitrogens is 3. The summed E-state index contributed by atoms with van der Waals surface area (Å²) in [6.45, 7) is 0. The van der Waals surface area contributed by atoms with Crippen molar-refractivity contribution in [2.75, 3.05) is 12.4 Å². The van der Waals surface area contributed by atoms with Crippen molar-refractivity contribution < 1.29 is 4.74 Å². The summed E-state index contributed by atoms with van der Waals surface area (Å²) in [4.78, 5) is 4.79. The van der Waals surface area contributed by atoms with Crippen LogP contribution in [0.15, 0.2) is 60.8 Å². The molecule has 124 valence electrons. The molecule has 0 atom stereocenters. The summed E-state index contributed by atoms with van der Waals surface area (Å²) >= 11 is 6.02. The van der Waals surface area contributed by atoms with Gasteiger partial charge in [-0.15, -0.1) is 0 Å². The second kappa shape index (κ2) is 6.45. The third kappa shape index (κ3) is 3.14. The summed E-state index contributed by atoms with van der Waals surface area (Å²) in [5.74, 6) is 2.29. The summed E-state index contributed by atoms with van der Waals surface area (Å²) in [5, 5.41) is 12.8. The number of rotatable bonds is 4. The SMILES string of the molecule is COc1ccc2c(-c3ccc(Cl)cc3)nc(Nc3ccn[nH]3)cc2c1. The van der Waals surface area contributed by atoms with E-state index in [1.807, 2.05) is 54.6 Å². The number of halogens is 1. The average Bonchev–Trinajstić information content (AvgIpc) is 3.14. The van der Waals surface area contributed by atoms with Gasteiger partial charge in [0, 0.05) is 22.0 Å². The third-order valence-electron chi connectivity index (χ3n) is 3.92. The Morgan fingerprint density at radius 1 is 1.04 bits per heavy atom. The first kappa shape index (κ1) is 15.5. The topological polar surface area (TPSA) is 62.8 Å². The van der Waals surface area contributed by atoms with Crippen molar-refractivity contribution in [3.8, 4) is 17.0 Å². The quantitative estimate of drug-likeness (QED) is 0.541. The van der Waals surface area contributed by atoms with Gasteiger partial charge in [0.25, 0.3) is 0 Å². The van der Waals surface area contributed by atoms with E-state index >= 15 is 0 Å². The second-order valence-corrected chi connectivity index (χ2v) is 5.98. The van der Waals surface area contributed by atoms with Gasteiger partial charge in [0.2, 0.25) is 0 Å². The number of benzene rings is 2. The molecule has 0 aliphatic rings. The van der Waals surface area contributed by atoms with Gasteiger partial charge in [0.1, 0.15) is 17.4 Å². The molecule has 6 heteroatoms. The molecule has 0 radical (unpaired) electrons. The van der Waals surface area contributed by atoms with E-state index in [0.717, 1.165) is 39.4 Å². The molecule has 0 spiro atoms. The number of hydrogen-bond donors (Lipinski definition) is 2. The molecule has 0 aliphatic heterocycles. The second-order valence-electron chi connectivity index (χ2n) is 5.55. The Morgan fingerprint density at radius 2 is 1.88 bits per heavy atom. The Morgan fingerprint density at radius 3 is 2.60 bits per heavy atom. The fourth-order valence-electron chi connectivity index (χ4n) is 2.72. The number of fused-ring (bicyclic) bond motifs is 1. The summed E-state index contributed by atoms with van der Waals surface area (Å²) in [6, 6.07) is 17.4. The van der Waals surface area contributed by atoms with E-state index in [9.17, 15) is 0 Å². The fraction of sp³-hybridized carbons (Fsp3) is 0.0526. The van der Waals surface area contributed by atoms with E-state index in [2.05, 4.69) is 15.5 Å². The number of hydrogen-bond acceptors (Lipinski definition) is 4. The Kier molecular flexibility index (Phi) is 3.99. The van der Waals surface area contributed by atoms with Crippen LogP contribution in [0, 0.1) is 0 Å². The molecule has 0 unspecified atom stereocenters. The van der Waals surface area contributed by atoms with Crippen LogP contribution in [-0.2, 0) is 0 Å². The molecule has 0 fully saturated rings. The van der Waals surface area contributed by atoms with E-state index in [1.54, 1.807) is 13.3 Å². The predicted octanol–water partition coefficient (Wildman–Crippen LogP) is 5.03. The summed E-state index contributed by atoms with van der Waals surface area (Å²) in [7, 11) is 1.66. The van der Waals surface area contributed by atoms with Crippen molar-refractivity contribution in [2.24, 2.45) is 0 Å². The predicted molar refractivity (Wildman–Crippen MR) is 101 cm³/mol. The molecular formula is C19H15ClN4O. The van der Waals surface area contributed by atoms with E-state index < -0.39 is 0 Å². The number of H-pyrrole nitrogens is 1. The molecule has 2 heterocycles. The van der Waals surface area contributed by atoms with Gasteiger partial charge in [0.05, 0.1) is 19.0 Å². The third-order valence-corrected chi connectivity index (χ3v) is 4.17. The van der Waals surface area contributed by atoms with Crippen molar-refractivity contribution >= 4 is 34.0 Å². The summed E-state index contributed by atoms with van der Waals surface area (Å²) in [5.41, 5.74) is 1.87. The molecule has 0 amide bonds. The van der Waals surface area contributed by atoms with E-state index in [0.29, 0.717) is 5.02 Å². The van der Waals surface area contributed by atoms with Crippen LogP contribution in [0.5, 0.6) is 5.75 Å². The maximum absolute atomic E-state index is 6.02. The van der Waals surface area contributed by atoms with Gasteiger partial charge in [-0.1, -0.05) is 23.7 Å². The van der Waals surface area contributed by atoms with Gasteiger partial charge in [-0.3, -0.25) is 5.10 Å². The molecule has 25 heavy (non-hydrogen) atoms. The number of nitrogens with one attached hydrogen (secondary N) is 2. The minimum atomic E-state index is 0.696. The highest BCUT2D eigenvalue weighted by Gasteiger charge is 2.10. The molecule has 5 nitrogen and oxygen atoms in total. The van der Waals surface area contributed by atoms with Crippen molar-refractivity contribution in [1.29, 1.82) is 0 Å². The van der Waals surface area contributed by atoms with Gasteiger partial charge in [-0.2, -0.15) is 5.10 Å². The highest BCUT2D eigenvalue weighted by Crippen LogP contribution is 2.32. The number of nitrogens with zero attached hydrogens (tertiary/aromatic N) is 2. The fourth-order valence-corrected chi connectivity index (χ4v) is 2.84. The van der Waals surface area contributed by atoms with Crippen LogP contribution < -0.4 is 10.1 Å². The highest BCUT2D eigenvalue weighted by molar-refractivity contribution is 6.30. The van der Waals surface area contributed by atoms with Crippen molar-refractivity contribution in [3.05, 3.63) is 65.8 Å². The monoisotopic (exact) mass is 350 g/mol. The largest absolute Gasteiger partial charge is 0.497 e. The Balaban J connectivity index is 1.90. The van der Waals surface area contributed by atoms with Gasteiger partial charge < -0.3 is 10.1 Å². The minimum absolute atomic E-state index is 0.696. The lowest BCUT2D eigenvalue weighted by Crippen LogP contribution is -1.97. The zero-order valence-corrected chi connectivity index (χ0v) is 14.2. The van der Waals surface area contributed by atoms with Crippen LogP contribution in [0.25, 0.3) is 22.0 Å².